The summed E-state index contributed by atoms with van der Waals surface area (Å²) >= 11 is 1.39. The van der Waals surface area contributed by atoms with Gasteiger partial charge in [-0.3, -0.25) is 0 Å². The standard InChI is InChI=1S/C17H17N3S/c1-2-15-17(21-20-19-15)16(18)14-10-8-13(9-11-14)12-6-4-3-5-7-12/h3-11,16H,2,18H2,1H3. The third-order valence-corrected chi connectivity index (χ3v) is 4.43. The van der Waals surface area contributed by atoms with Gasteiger partial charge in [-0.05, 0) is 34.6 Å². The van der Waals surface area contributed by atoms with Gasteiger partial charge in [-0.1, -0.05) is 66.0 Å². The molecule has 3 aromatic rings. The Balaban J connectivity index is 1.87. The summed E-state index contributed by atoms with van der Waals surface area (Å²) in [5.74, 6) is 0. The molecule has 0 aliphatic rings. The van der Waals surface area contributed by atoms with Crippen LogP contribution in [-0.2, 0) is 6.42 Å². The van der Waals surface area contributed by atoms with E-state index < -0.39 is 0 Å². The summed E-state index contributed by atoms with van der Waals surface area (Å²) in [7, 11) is 0. The summed E-state index contributed by atoms with van der Waals surface area (Å²) in [6.45, 7) is 2.07. The molecule has 0 bridgehead atoms. The fourth-order valence-corrected chi connectivity index (χ4v) is 3.13. The van der Waals surface area contributed by atoms with E-state index in [0.717, 1.165) is 22.6 Å². The number of aromatic nitrogens is 2. The van der Waals surface area contributed by atoms with Crippen LogP contribution in [0.5, 0.6) is 0 Å². The van der Waals surface area contributed by atoms with E-state index in [9.17, 15) is 0 Å². The maximum absolute atomic E-state index is 6.36. The topological polar surface area (TPSA) is 51.8 Å². The molecule has 0 fully saturated rings. The van der Waals surface area contributed by atoms with Crippen molar-refractivity contribution in [3.63, 3.8) is 0 Å². The van der Waals surface area contributed by atoms with E-state index in [0.29, 0.717) is 0 Å². The number of nitrogens with two attached hydrogens (primary N) is 1. The van der Waals surface area contributed by atoms with Crippen molar-refractivity contribution in [1.82, 2.24) is 9.59 Å². The lowest BCUT2D eigenvalue weighted by molar-refractivity contribution is 0.854. The van der Waals surface area contributed by atoms with Gasteiger partial charge in [-0.15, -0.1) is 5.10 Å². The van der Waals surface area contributed by atoms with Crippen LogP contribution in [0.3, 0.4) is 0 Å². The van der Waals surface area contributed by atoms with Crippen molar-refractivity contribution >= 4 is 11.5 Å². The first-order valence-electron chi connectivity index (χ1n) is 7.01. The predicted octanol–water partition coefficient (Wildman–Crippen LogP) is 3.82. The molecule has 4 heteroatoms. The number of nitrogens with zero attached hydrogens (tertiary/aromatic N) is 2. The monoisotopic (exact) mass is 295 g/mol. The van der Waals surface area contributed by atoms with Crippen LogP contribution in [0.1, 0.15) is 29.1 Å². The number of aryl methyl sites for hydroxylation is 1. The molecule has 1 heterocycles. The third kappa shape index (κ3) is 2.86. The average molecular weight is 295 g/mol. The minimum atomic E-state index is -0.148. The highest BCUT2D eigenvalue weighted by Crippen LogP contribution is 2.27. The van der Waals surface area contributed by atoms with Crippen LogP contribution in [0.2, 0.25) is 0 Å². The molecule has 2 N–H and O–H groups in total. The van der Waals surface area contributed by atoms with Gasteiger partial charge in [0, 0.05) is 0 Å². The summed E-state index contributed by atoms with van der Waals surface area (Å²) in [5.41, 5.74) is 10.9. The molecule has 106 valence electrons. The Labute approximate surface area is 128 Å². The second kappa shape index (κ2) is 6.16. The first-order chi connectivity index (χ1) is 10.3. The molecule has 0 spiro atoms. The van der Waals surface area contributed by atoms with Gasteiger partial charge < -0.3 is 5.73 Å². The van der Waals surface area contributed by atoms with E-state index in [1.165, 1.54) is 22.7 Å². The van der Waals surface area contributed by atoms with Crippen molar-refractivity contribution in [1.29, 1.82) is 0 Å². The second-order valence-electron chi connectivity index (χ2n) is 4.90. The van der Waals surface area contributed by atoms with Gasteiger partial charge in [0.05, 0.1) is 16.6 Å². The lowest BCUT2D eigenvalue weighted by Crippen LogP contribution is -2.12. The zero-order valence-electron chi connectivity index (χ0n) is 11.9. The number of hydrogen-bond donors (Lipinski definition) is 1. The van der Waals surface area contributed by atoms with Crippen LogP contribution < -0.4 is 5.73 Å². The van der Waals surface area contributed by atoms with Gasteiger partial charge in [0.1, 0.15) is 0 Å². The molecule has 21 heavy (non-hydrogen) atoms. The second-order valence-corrected chi connectivity index (χ2v) is 5.69. The third-order valence-electron chi connectivity index (χ3n) is 3.58. The number of benzene rings is 2. The van der Waals surface area contributed by atoms with E-state index in [1.54, 1.807) is 0 Å². The van der Waals surface area contributed by atoms with Crippen LogP contribution in [0.15, 0.2) is 54.6 Å². The highest BCUT2D eigenvalue weighted by molar-refractivity contribution is 7.05. The van der Waals surface area contributed by atoms with Crippen LogP contribution in [-0.4, -0.2) is 9.59 Å². The van der Waals surface area contributed by atoms with Gasteiger partial charge >= 0.3 is 0 Å². The molecule has 1 aromatic heterocycles. The Morgan fingerprint density at radius 2 is 1.67 bits per heavy atom. The van der Waals surface area contributed by atoms with Gasteiger partial charge in [0.15, 0.2) is 0 Å². The number of rotatable bonds is 4. The summed E-state index contributed by atoms with van der Waals surface area (Å²) < 4.78 is 4.02. The highest BCUT2D eigenvalue weighted by atomic mass is 32.1. The molecule has 1 unspecified atom stereocenters. The van der Waals surface area contributed by atoms with E-state index in [2.05, 4.69) is 52.9 Å². The quantitative estimate of drug-likeness (QED) is 0.796. The maximum Gasteiger partial charge on any atom is 0.0804 e. The molecule has 0 saturated heterocycles. The summed E-state index contributed by atoms with van der Waals surface area (Å²) in [6, 6.07) is 18.6. The summed E-state index contributed by atoms with van der Waals surface area (Å²) in [4.78, 5) is 1.06. The molecule has 2 aromatic carbocycles. The highest BCUT2D eigenvalue weighted by Gasteiger charge is 2.16. The predicted molar refractivity (Wildman–Crippen MR) is 87.2 cm³/mol. The Hall–Kier alpha value is -2.04. The zero-order valence-corrected chi connectivity index (χ0v) is 12.7. The summed E-state index contributed by atoms with van der Waals surface area (Å²) in [6.07, 6.45) is 0.863. The van der Waals surface area contributed by atoms with Crippen molar-refractivity contribution in [3.8, 4) is 11.1 Å². The van der Waals surface area contributed by atoms with Crippen molar-refractivity contribution in [2.24, 2.45) is 5.73 Å². The van der Waals surface area contributed by atoms with Crippen molar-refractivity contribution in [2.45, 2.75) is 19.4 Å². The fraction of sp³-hybridized carbons (Fsp3) is 0.176. The van der Waals surface area contributed by atoms with E-state index >= 15 is 0 Å². The molecule has 1 atom stereocenters. The lowest BCUT2D eigenvalue weighted by Gasteiger charge is -2.11. The van der Waals surface area contributed by atoms with Gasteiger partial charge in [-0.2, -0.15) is 0 Å². The van der Waals surface area contributed by atoms with Crippen molar-refractivity contribution in [3.05, 3.63) is 70.7 Å². The zero-order chi connectivity index (χ0) is 14.7. The Kier molecular flexibility index (Phi) is 4.08. The smallest absolute Gasteiger partial charge is 0.0804 e. The van der Waals surface area contributed by atoms with E-state index in [-0.39, 0.29) is 6.04 Å². The van der Waals surface area contributed by atoms with E-state index in [4.69, 9.17) is 5.73 Å². The minimum absolute atomic E-state index is 0.148. The first-order valence-corrected chi connectivity index (χ1v) is 7.79. The molecule has 0 amide bonds. The molecule has 3 nitrogen and oxygen atoms in total. The molecular formula is C17H17N3S. The number of hydrogen-bond acceptors (Lipinski definition) is 4. The molecule has 0 aliphatic heterocycles. The lowest BCUT2D eigenvalue weighted by atomic mass is 9.99. The van der Waals surface area contributed by atoms with Gasteiger partial charge in [0.25, 0.3) is 0 Å². The molecule has 3 rings (SSSR count). The fourth-order valence-electron chi connectivity index (χ4n) is 2.36. The Morgan fingerprint density at radius 3 is 2.33 bits per heavy atom. The molecule has 0 aliphatic carbocycles. The molecule has 0 saturated carbocycles. The van der Waals surface area contributed by atoms with Crippen LogP contribution in [0, 0.1) is 0 Å². The van der Waals surface area contributed by atoms with Crippen molar-refractivity contribution in [2.75, 3.05) is 0 Å². The summed E-state index contributed by atoms with van der Waals surface area (Å²) in [5, 5.41) is 4.13. The Morgan fingerprint density at radius 1 is 1.00 bits per heavy atom. The van der Waals surface area contributed by atoms with Crippen LogP contribution in [0.4, 0.5) is 0 Å². The van der Waals surface area contributed by atoms with Gasteiger partial charge in [0.2, 0.25) is 0 Å². The maximum atomic E-state index is 6.36. The van der Waals surface area contributed by atoms with Crippen LogP contribution in [0.25, 0.3) is 11.1 Å². The van der Waals surface area contributed by atoms with E-state index in [1.807, 2.05) is 18.2 Å². The van der Waals surface area contributed by atoms with Crippen molar-refractivity contribution < 1.29 is 0 Å². The normalized spacial score (nSPS) is 12.3. The minimum Gasteiger partial charge on any atom is -0.320 e. The molecule has 0 radical (unpaired) electrons. The average Bonchev–Trinajstić information content (AvgIpc) is 3.04. The first kappa shape index (κ1) is 13.9. The molecular weight excluding hydrogens is 278 g/mol. The Bertz CT molecular complexity index is 704. The largest absolute Gasteiger partial charge is 0.320 e. The van der Waals surface area contributed by atoms with Crippen LogP contribution >= 0.6 is 11.5 Å². The van der Waals surface area contributed by atoms with Gasteiger partial charge in [-0.25, -0.2) is 0 Å². The SMILES string of the molecule is CCc1nnsc1C(N)c1ccc(-c2ccccc2)cc1.